The van der Waals surface area contributed by atoms with Crippen molar-refractivity contribution < 1.29 is 14.6 Å². The summed E-state index contributed by atoms with van der Waals surface area (Å²) < 4.78 is 6.69. The molecule has 0 saturated heterocycles. The minimum Gasteiger partial charge on any atom is -0.502 e. The largest absolute Gasteiger partial charge is 0.502 e. The van der Waals surface area contributed by atoms with Gasteiger partial charge in [0.15, 0.2) is 5.75 Å². The number of hydrogen-bond donors (Lipinski definition) is 2. The average Bonchev–Trinajstić information content (AvgIpc) is 2.54. The lowest BCUT2D eigenvalue weighted by Crippen LogP contribution is -2.28. The molecule has 0 fully saturated rings. The first kappa shape index (κ1) is 16.9. The van der Waals surface area contributed by atoms with Gasteiger partial charge in [0, 0.05) is 24.8 Å². The van der Waals surface area contributed by atoms with E-state index in [9.17, 15) is 14.7 Å². The van der Waals surface area contributed by atoms with Crippen LogP contribution in [0, 0.1) is 0 Å². The number of aromatic hydroxyl groups is 1. The van der Waals surface area contributed by atoms with Crippen LogP contribution in [-0.4, -0.2) is 28.7 Å². The Balaban J connectivity index is 1.78. The van der Waals surface area contributed by atoms with Crippen LogP contribution in [0.1, 0.15) is 16.8 Å². The van der Waals surface area contributed by atoms with Crippen molar-refractivity contribution in [3.05, 3.63) is 57.5 Å². The zero-order chi connectivity index (χ0) is 16.8. The Labute approximate surface area is 138 Å². The molecule has 2 aromatic rings. The summed E-state index contributed by atoms with van der Waals surface area (Å²) in [7, 11) is 1.50. The zero-order valence-electron chi connectivity index (χ0n) is 12.6. The Kier molecular flexibility index (Phi) is 5.65. The molecule has 2 N–H and O–H groups in total. The van der Waals surface area contributed by atoms with Crippen molar-refractivity contribution in [2.75, 3.05) is 13.2 Å². The van der Waals surface area contributed by atoms with Crippen LogP contribution in [0.5, 0.6) is 11.5 Å². The summed E-state index contributed by atoms with van der Waals surface area (Å²) >= 11 is 5.77. The molecule has 0 aliphatic rings. The van der Waals surface area contributed by atoms with E-state index >= 15 is 0 Å². The third-order valence-corrected chi connectivity index (χ3v) is 3.43. The summed E-state index contributed by atoms with van der Waals surface area (Å²) in [6, 6.07) is 8.39. The maximum atomic E-state index is 11.9. The average molecular weight is 337 g/mol. The molecule has 122 valence electrons. The zero-order valence-corrected chi connectivity index (χ0v) is 13.3. The number of benzene rings is 1. The van der Waals surface area contributed by atoms with E-state index in [1.807, 2.05) is 0 Å². The lowest BCUT2D eigenvalue weighted by atomic mass is 10.2. The fourth-order valence-corrected chi connectivity index (χ4v) is 2.01. The summed E-state index contributed by atoms with van der Waals surface area (Å²) in [6.07, 6.45) is 2.01. The van der Waals surface area contributed by atoms with E-state index in [-0.39, 0.29) is 5.56 Å². The van der Waals surface area contributed by atoms with Crippen LogP contribution < -0.4 is 15.6 Å². The number of ether oxygens (including phenoxy) is 1. The van der Waals surface area contributed by atoms with Crippen LogP contribution in [0.15, 0.2) is 41.3 Å². The molecule has 0 atom stereocenters. The molecule has 6 nitrogen and oxygen atoms in total. The number of nitrogens with zero attached hydrogens (tertiary/aromatic N) is 1. The van der Waals surface area contributed by atoms with Gasteiger partial charge in [-0.25, -0.2) is 0 Å². The van der Waals surface area contributed by atoms with Crippen molar-refractivity contribution in [3.63, 3.8) is 0 Å². The van der Waals surface area contributed by atoms with E-state index in [2.05, 4.69) is 5.32 Å². The Morgan fingerprint density at radius 3 is 2.70 bits per heavy atom. The number of hydrogen-bond acceptors (Lipinski definition) is 4. The molecule has 2 rings (SSSR count). The summed E-state index contributed by atoms with van der Waals surface area (Å²) in [5, 5.41) is 13.0. The highest BCUT2D eigenvalue weighted by Gasteiger charge is 2.14. The number of carbonyl (C=O) groups is 1. The summed E-state index contributed by atoms with van der Waals surface area (Å²) in [5.74, 6) is -0.346. The fourth-order valence-electron chi connectivity index (χ4n) is 1.89. The molecule has 0 aliphatic carbocycles. The molecule has 1 aromatic carbocycles. The van der Waals surface area contributed by atoms with Crippen molar-refractivity contribution >= 4 is 17.5 Å². The van der Waals surface area contributed by atoms with Gasteiger partial charge in [0.05, 0.1) is 12.2 Å². The van der Waals surface area contributed by atoms with Gasteiger partial charge in [-0.2, -0.15) is 0 Å². The third-order valence-electron chi connectivity index (χ3n) is 3.18. The number of carbonyl (C=O) groups excluding carboxylic acids is 1. The van der Waals surface area contributed by atoms with E-state index in [0.29, 0.717) is 30.3 Å². The number of nitrogens with one attached hydrogen (secondary N) is 1. The van der Waals surface area contributed by atoms with E-state index in [1.54, 1.807) is 24.3 Å². The predicted molar refractivity (Wildman–Crippen MR) is 87.2 cm³/mol. The number of rotatable bonds is 6. The van der Waals surface area contributed by atoms with Gasteiger partial charge in [-0.3, -0.25) is 9.59 Å². The summed E-state index contributed by atoms with van der Waals surface area (Å²) in [5.41, 5.74) is -0.643. The second-order valence-corrected chi connectivity index (χ2v) is 5.34. The van der Waals surface area contributed by atoms with Crippen LogP contribution in [0.2, 0.25) is 5.02 Å². The summed E-state index contributed by atoms with van der Waals surface area (Å²) in [4.78, 5) is 23.5. The topological polar surface area (TPSA) is 80.6 Å². The Hall–Kier alpha value is -2.47. The standard InChI is InChI=1S/C16H17ClN2O4/c1-19-9-7-13(14(20)16(19)22)15(21)18-8-2-10-23-12-5-3-11(17)4-6-12/h3-7,9,20H,2,8,10H2,1H3,(H,18,21). The van der Waals surface area contributed by atoms with Gasteiger partial charge >= 0.3 is 0 Å². The monoisotopic (exact) mass is 336 g/mol. The summed E-state index contributed by atoms with van der Waals surface area (Å²) in [6.45, 7) is 0.783. The molecule has 1 aromatic heterocycles. The van der Waals surface area contributed by atoms with Gasteiger partial charge in [-0.15, -0.1) is 0 Å². The highest BCUT2D eigenvalue weighted by atomic mass is 35.5. The molecule has 0 saturated carbocycles. The van der Waals surface area contributed by atoms with Crippen LogP contribution in [0.25, 0.3) is 0 Å². The van der Waals surface area contributed by atoms with Gasteiger partial charge in [-0.1, -0.05) is 11.6 Å². The molecular weight excluding hydrogens is 320 g/mol. The maximum Gasteiger partial charge on any atom is 0.293 e. The van der Waals surface area contributed by atoms with Crippen LogP contribution in [-0.2, 0) is 7.05 Å². The van der Waals surface area contributed by atoms with Crippen LogP contribution in [0.3, 0.4) is 0 Å². The molecule has 0 unspecified atom stereocenters. The van der Waals surface area contributed by atoms with Gasteiger partial charge in [0.1, 0.15) is 5.75 Å². The van der Waals surface area contributed by atoms with E-state index in [4.69, 9.17) is 16.3 Å². The molecule has 23 heavy (non-hydrogen) atoms. The van der Waals surface area contributed by atoms with Crippen molar-refractivity contribution in [1.82, 2.24) is 9.88 Å². The minimum absolute atomic E-state index is 0.0354. The van der Waals surface area contributed by atoms with Gasteiger partial charge in [0.2, 0.25) is 0 Å². The molecule has 1 amide bonds. The van der Waals surface area contributed by atoms with Crippen molar-refractivity contribution in [2.45, 2.75) is 6.42 Å². The number of amides is 1. The second-order valence-electron chi connectivity index (χ2n) is 4.91. The van der Waals surface area contributed by atoms with Crippen molar-refractivity contribution in [1.29, 1.82) is 0 Å². The van der Waals surface area contributed by atoms with Gasteiger partial charge in [-0.05, 0) is 36.8 Å². The molecule has 0 spiro atoms. The van der Waals surface area contributed by atoms with Crippen LogP contribution in [0.4, 0.5) is 0 Å². The van der Waals surface area contributed by atoms with E-state index < -0.39 is 17.2 Å². The molecule has 0 bridgehead atoms. The van der Waals surface area contributed by atoms with Crippen molar-refractivity contribution in [2.24, 2.45) is 7.05 Å². The Bertz CT molecular complexity index is 741. The first-order valence-corrected chi connectivity index (χ1v) is 7.42. The lowest BCUT2D eigenvalue weighted by molar-refractivity contribution is 0.0948. The Morgan fingerprint density at radius 2 is 2.00 bits per heavy atom. The van der Waals surface area contributed by atoms with Gasteiger partial charge < -0.3 is 19.7 Å². The molecule has 7 heteroatoms. The first-order valence-electron chi connectivity index (χ1n) is 7.04. The normalized spacial score (nSPS) is 10.3. The third kappa shape index (κ3) is 4.50. The fraction of sp³-hybridized carbons (Fsp3) is 0.250. The van der Waals surface area contributed by atoms with Crippen LogP contribution >= 0.6 is 11.6 Å². The SMILES string of the molecule is Cn1ccc(C(=O)NCCCOc2ccc(Cl)cc2)c(O)c1=O. The first-order chi connectivity index (χ1) is 11.0. The lowest BCUT2D eigenvalue weighted by Gasteiger charge is -2.09. The highest BCUT2D eigenvalue weighted by molar-refractivity contribution is 6.30. The second kappa shape index (κ2) is 7.69. The molecular formula is C16H17ClN2O4. The quantitative estimate of drug-likeness (QED) is 0.790. The highest BCUT2D eigenvalue weighted by Crippen LogP contribution is 2.15. The number of aryl methyl sites for hydroxylation is 1. The van der Waals surface area contributed by atoms with Crippen molar-refractivity contribution in [3.8, 4) is 11.5 Å². The van der Waals surface area contributed by atoms with E-state index in [0.717, 1.165) is 0 Å². The molecule has 1 heterocycles. The minimum atomic E-state index is -0.608. The number of halogens is 1. The number of pyridine rings is 1. The number of aromatic nitrogens is 1. The van der Waals surface area contributed by atoms with Gasteiger partial charge in [0.25, 0.3) is 11.5 Å². The molecule has 0 radical (unpaired) electrons. The van der Waals surface area contributed by atoms with E-state index in [1.165, 1.54) is 23.9 Å². The smallest absolute Gasteiger partial charge is 0.293 e. The molecule has 0 aliphatic heterocycles. The predicted octanol–water partition coefficient (Wildman–Crippen LogP) is 1.94. The maximum absolute atomic E-state index is 11.9. The Morgan fingerprint density at radius 1 is 1.30 bits per heavy atom.